The van der Waals surface area contributed by atoms with Crippen molar-refractivity contribution in [1.29, 1.82) is 0 Å². The standard InChI is InChI=1S/C8H7ClN4O/c9-6-2-1-4(10)3-5(6)7-11-8(14)13-12-7/h1-3H,10H2,(H2,11,12,13,14). The Hall–Kier alpha value is -1.75. The quantitative estimate of drug-likeness (QED) is 0.614. The van der Waals surface area contributed by atoms with Crippen molar-refractivity contribution in [1.82, 2.24) is 15.2 Å². The topological polar surface area (TPSA) is 87.6 Å². The number of nitrogens with one attached hydrogen (secondary N) is 2. The molecule has 1 aromatic carbocycles. The van der Waals surface area contributed by atoms with E-state index in [1.165, 1.54) is 0 Å². The molecule has 14 heavy (non-hydrogen) atoms. The molecule has 0 aliphatic heterocycles. The predicted octanol–water partition coefficient (Wildman–Crippen LogP) is 1.00. The molecule has 0 amide bonds. The van der Waals surface area contributed by atoms with Gasteiger partial charge in [-0.1, -0.05) is 11.6 Å². The second-order valence-corrected chi connectivity index (χ2v) is 3.17. The fourth-order valence-electron chi connectivity index (χ4n) is 1.12. The van der Waals surface area contributed by atoms with Crippen LogP contribution in [0.2, 0.25) is 5.02 Å². The highest BCUT2D eigenvalue weighted by molar-refractivity contribution is 6.33. The van der Waals surface area contributed by atoms with E-state index in [-0.39, 0.29) is 5.69 Å². The van der Waals surface area contributed by atoms with Crippen LogP contribution in [0.25, 0.3) is 11.4 Å². The first-order valence-corrected chi connectivity index (χ1v) is 4.24. The third-order valence-electron chi connectivity index (χ3n) is 1.75. The number of nitrogen functional groups attached to an aromatic ring is 1. The molecule has 72 valence electrons. The van der Waals surface area contributed by atoms with Gasteiger partial charge in [0.1, 0.15) is 0 Å². The monoisotopic (exact) mass is 210 g/mol. The first-order chi connectivity index (χ1) is 6.66. The Bertz CT molecular complexity index is 516. The van der Waals surface area contributed by atoms with Crippen LogP contribution in [0, 0.1) is 0 Å². The number of nitrogens with zero attached hydrogens (tertiary/aromatic N) is 1. The maximum Gasteiger partial charge on any atom is 0.340 e. The minimum Gasteiger partial charge on any atom is -0.399 e. The Kier molecular flexibility index (Phi) is 2.01. The first-order valence-electron chi connectivity index (χ1n) is 3.87. The maximum absolute atomic E-state index is 10.8. The van der Waals surface area contributed by atoms with Crippen LogP contribution in [0.4, 0.5) is 5.69 Å². The van der Waals surface area contributed by atoms with Crippen molar-refractivity contribution in [2.45, 2.75) is 0 Å². The van der Waals surface area contributed by atoms with Crippen molar-refractivity contribution in [2.24, 2.45) is 0 Å². The third kappa shape index (κ3) is 1.49. The lowest BCUT2D eigenvalue weighted by Gasteiger charge is -2.00. The van der Waals surface area contributed by atoms with E-state index in [4.69, 9.17) is 17.3 Å². The molecule has 0 aliphatic rings. The van der Waals surface area contributed by atoms with Crippen molar-refractivity contribution in [2.75, 3.05) is 5.73 Å². The summed E-state index contributed by atoms with van der Waals surface area (Å²) in [5, 5.41) is 6.50. The summed E-state index contributed by atoms with van der Waals surface area (Å²) in [7, 11) is 0. The molecule has 0 fully saturated rings. The smallest absolute Gasteiger partial charge is 0.340 e. The van der Waals surface area contributed by atoms with Crippen molar-refractivity contribution in [3.8, 4) is 11.4 Å². The Morgan fingerprint density at radius 3 is 2.86 bits per heavy atom. The molecule has 6 heteroatoms. The zero-order valence-corrected chi connectivity index (χ0v) is 7.80. The van der Waals surface area contributed by atoms with Crippen molar-refractivity contribution in [3.63, 3.8) is 0 Å². The van der Waals surface area contributed by atoms with Crippen LogP contribution in [0.15, 0.2) is 23.0 Å². The molecule has 4 N–H and O–H groups in total. The lowest BCUT2D eigenvalue weighted by Crippen LogP contribution is -2.00. The molecule has 1 heterocycles. The Balaban J connectivity index is 2.61. The summed E-state index contributed by atoms with van der Waals surface area (Å²) in [5.74, 6) is 0.382. The molecular formula is C8H7ClN4O. The summed E-state index contributed by atoms with van der Waals surface area (Å²) in [6.07, 6.45) is 0. The molecule has 2 rings (SSSR count). The third-order valence-corrected chi connectivity index (χ3v) is 2.08. The van der Waals surface area contributed by atoms with Gasteiger partial charge in [0, 0.05) is 11.3 Å². The molecule has 0 saturated heterocycles. The highest BCUT2D eigenvalue weighted by Gasteiger charge is 2.07. The maximum atomic E-state index is 10.8. The molecule has 5 nitrogen and oxygen atoms in total. The fourth-order valence-corrected chi connectivity index (χ4v) is 1.33. The largest absolute Gasteiger partial charge is 0.399 e. The molecule has 1 aromatic heterocycles. The van der Waals surface area contributed by atoms with Gasteiger partial charge in [-0.2, -0.15) is 5.10 Å². The van der Waals surface area contributed by atoms with E-state index < -0.39 is 0 Å². The summed E-state index contributed by atoms with van der Waals surface area (Å²) in [4.78, 5) is 13.3. The summed E-state index contributed by atoms with van der Waals surface area (Å²) in [6.45, 7) is 0. The molecule has 2 aromatic rings. The first kappa shape index (κ1) is 8.83. The van der Waals surface area contributed by atoms with Gasteiger partial charge < -0.3 is 5.73 Å². The van der Waals surface area contributed by atoms with Crippen LogP contribution in [0.5, 0.6) is 0 Å². The number of halogens is 1. The summed E-state index contributed by atoms with van der Waals surface area (Å²) < 4.78 is 0. The zero-order chi connectivity index (χ0) is 10.1. The number of H-pyrrole nitrogens is 2. The van der Waals surface area contributed by atoms with Gasteiger partial charge in [0.2, 0.25) is 0 Å². The lowest BCUT2D eigenvalue weighted by molar-refractivity contribution is 1.05. The fraction of sp³-hybridized carbons (Fsp3) is 0. The van der Waals surface area contributed by atoms with Gasteiger partial charge in [0.15, 0.2) is 5.82 Å². The molecule has 0 radical (unpaired) electrons. The number of anilines is 1. The van der Waals surface area contributed by atoms with E-state index >= 15 is 0 Å². The molecule has 0 spiro atoms. The van der Waals surface area contributed by atoms with Gasteiger partial charge in [0.05, 0.1) is 5.02 Å². The van der Waals surface area contributed by atoms with Crippen LogP contribution in [-0.2, 0) is 0 Å². The van der Waals surface area contributed by atoms with Crippen molar-refractivity contribution < 1.29 is 0 Å². The second kappa shape index (κ2) is 3.19. The van der Waals surface area contributed by atoms with Crippen LogP contribution in [-0.4, -0.2) is 15.2 Å². The molecule has 0 atom stereocenters. The number of hydrogen-bond donors (Lipinski definition) is 3. The number of hydrogen-bond acceptors (Lipinski definition) is 3. The lowest BCUT2D eigenvalue weighted by atomic mass is 10.2. The van der Waals surface area contributed by atoms with E-state index in [2.05, 4.69) is 15.2 Å². The molecule has 0 unspecified atom stereocenters. The van der Waals surface area contributed by atoms with Gasteiger partial charge in [-0.25, -0.2) is 9.89 Å². The Labute approximate surface area is 83.9 Å². The van der Waals surface area contributed by atoms with Crippen molar-refractivity contribution >= 4 is 17.3 Å². The Morgan fingerprint density at radius 1 is 1.43 bits per heavy atom. The van der Waals surface area contributed by atoms with Gasteiger partial charge in [-0.15, -0.1) is 0 Å². The number of aromatic nitrogens is 3. The highest BCUT2D eigenvalue weighted by Crippen LogP contribution is 2.25. The van der Waals surface area contributed by atoms with Crippen LogP contribution >= 0.6 is 11.6 Å². The van der Waals surface area contributed by atoms with Gasteiger partial charge >= 0.3 is 5.69 Å². The van der Waals surface area contributed by atoms with E-state index in [9.17, 15) is 4.79 Å². The summed E-state index contributed by atoms with van der Waals surface area (Å²) in [5.41, 5.74) is 6.37. The minimum atomic E-state index is -0.376. The van der Waals surface area contributed by atoms with Crippen LogP contribution in [0.3, 0.4) is 0 Å². The number of nitrogens with two attached hydrogens (primary N) is 1. The minimum absolute atomic E-state index is 0.376. The van der Waals surface area contributed by atoms with Gasteiger partial charge in [0.25, 0.3) is 0 Å². The van der Waals surface area contributed by atoms with E-state index in [0.717, 1.165) is 0 Å². The van der Waals surface area contributed by atoms with Gasteiger partial charge in [-0.3, -0.25) is 4.98 Å². The van der Waals surface area contributed by atoms with Crippen LogP contribution < -0.4 is 11.4 Å². The SMILES string of the molecule is Nc1ccc(Cl)c(-c2n[nH]c(=O)[nH]2)c1. The van der Waals surface area contributed by atoms with Crippen LogP contribution in [0.1, 0.15) is 0 Å². The van der Waals surface area contributed by atoms with E-state index in [0.29, 0.717) is 22.1 Å². The predicted molar refractivity (Wildman–Crippen MR) is 54.1 cm³/mol. The Morgan fingerprint density at radius 2 is 2.21 bits per heavy atom. The van der Waals surface area contributed by atoms with Gasteiger partial charge in [-0.05, 0) is 18.2 Å². The number of aromatic amines is 2. The summed E-state index contributed by atoms with van der Waals surface area (Å²) in [6, 6.07) is 4.98. The number of rotatable bonds is 1. The zero-order valence-electron chi connectivity index (χ0n) is 7.04. The normalized spacial score (nSPS) is 10.4. The number of benzene rings is 1. The summed E-state index contributed by atoms with van der Waals surface area (Å²) >= 11 is 5.91. The highest BCUT2D eigenvalue weighted by atomic mass is 35.5. The molecule has 0 saturated carbocycles. The molecule has 0 aliphatic carbocycles. The average molecular weight is 211 g/mol. The molecule has 0 bridgehead atoms. The second-order valence-electron chi connectivity index (χ2n) is 2.77. The van der Waals surface area contributed by atoms with E-state index in [1.54, 1.807) is 18.2 Å². The average Bonchev–Trinajstić information content (AvgIpc) is 2.56. The molecular weight excluding hydrogens is 204 g/mol. The van der Waals surface area contributed by atoms with E-state index in [1.807, 2.05) is 0 Å². The van der Waals surface area contributed by atoms with Crippen molar-refractivity contribution in [3.05, 3.63) is 33.7 Å².